The number of unbranched alkanes of at least 4 members (excludes halogenated alkanes) is 6. The van der Waals surface area contributed by atoms with Crippen LogP contribution < -0.4 is 0 Å². The maximum Gasteiger partial charge on any atom is 0.306 e. The van der Waals surface area contributed by atoms with Gasteiger partial charge in [-0.05, 0) is 70.6 Å². The molecule has 0 heterocycles. The summed E-state index contributed by atoms with van der Waals surface area (Å²) >= 11 is 0. The third-order valence-electron chi connectivity index (χ3n) is 6.20. The summed E-state index contributed by atoms with van der Waals surface area (Å²) in [7, 11) is 0. The van der Waals surface area contributed by atoms with E-state index in [0.29, 0.717) is 13.0 Å². The molecule has 4 heteroatoms. The van der Waals surface area contributed by atoms with Gasteiger partial charge in [0.05, 0.1) is 19.8 Å². The van der Waals surface area contributed by atoms with E-state index in [-0.39, 0.29) is 19.2 Å². The summed E-state index contributed by atoms with van der Waals surface area (Å²) in [4.78, 5) is 12.1. The van der Waals surface area contributed by atoms with E-state index >= 15 is 0 Å². The van der Waals surface area contributed by atoms with Crippen LogP contribution in [-0.4, -0.2) is 37.0 Å². The molecule has 0 radical (unpaired) electrons. The molecule has 41 heavy (non-hydrogen) atoms. The Kier molecular flexibility index (Phi) is 31.8. The van der Waals surface area contributed by atoms with E-state index in [0.717, 1.165) is 70.6 Å². The third kappa shape index (κ3) is 32.0. The Balaban J connectivity index is 3.66. The summed E-state index contributed by atoms with van der Waals surface area (Å²) in [5.41, 5.74) is 0. The molecule has 232 valence electrons. The van der Waals surface area contributed by atoms with E-state index in [1.54, 1.807) is 0 Å². The zero-order valence-corrected chi connectivity index (χ0v) is 26.3. The van der Waals surface area contributed by atoms with Gasteiger partial charge in [0.2, 0.25) is 0 Å². The Labute approximate surface area is 252 Å². The number of aliphatic hydroxyl groups is 1. The highest BCUT2D eigenvalue weighted by Crippen LogP contribution is 2.09. The molecule has 0 rings (SSSR count). The molecule has 0 amide bonds. The van der Waals surface area contributed by atoms with Crippen molar-refractivity contribution in [2.45, 2.75) is 123 Å². The van der Waals surface area contributed by atoms with Gasteiger partial charge in [0.25, 0.3) is 0 Å². The number of ether oxygens (including phenoxy) is 2. The van der Waals surface area contributed by atoms with Crippen molar-refractivity contribution in [3.63, 3.8) is 0 Å². The van der Waals surface area contributed by atoms with Gasteiger partial charge in [-0.15, -0.1) is 0 Å². The number of esters is 1. The van der Waals surface area contributed by atoms with E-state index in [2.05, 4.69) is 98.9 Å². The number of hydrogen-bond donors (Lipinski definition) is 1. The number of carbonyl (C=O) groups is 1. The molecule has 0 aromatic carbocycles. The predicted molar refractivity (Wildman–Crippen MR) is 177 cm³/mol. The van der Waals surface area contributed by atoms with E-state index in [4.69, 9.17) is 9.47 Å². The summed E-state index contributed by atoms with van der Waals surface area (Å²) in [5, 5.41) is 9.50. The van der Waals surface area contributed by atoms with Crippen LogP contribution in [0.4, 0.5) is 0 Å². The summed E-state index contributed by atoms with van der Waals surface area (Å²) in [6, 6.07) is 0. The highest BCUT2D eigenvalue weighted by Gasteiger charge is 2.13. The Bertz CT molecular complexity index is 770. The Morgan fingerprint density at radius 1 is 0.610 bits per heavy atom. The van der Waals surface area contributed by atoms with Crippen LogP contribution >= 0.6 is 0 Å². The highest BCUT2D eigenvalue weighted by atomic mass is 16.6. The number of rotatable bonds is 28. The van der Waals surface area contributed by atoms with Crippen molar-refractivity contribution in [3.05, 3.63) is 85.1 Å². The van der Waals surface area contributed by atoms with Gasteiger partial charge in [-0.25, -0.2) is 0 Å². The molecular formula is C37H60O4. The fraction of sp³-hybridized carbons (Fsp3) is 0.595. The summed E-state index contributed by atoms with van der Waals surface area (Å²) in [6.45, 7) is 4.91. The zero-order chi connectivity index (χ0) is 29.9. The second-order valence-corrected chi connectivity index (χ2v) is 10.1. The molecule has 0 bridgehead atoms. The quantitative estimate of drug-likeness (QED) is 0.0579. The van der Waals surface area contributed by atoms with Crippen LogP contribution in [0.15, 0.2) is 85.1 Å². The number of hydrogen-bond acceptors (Lipinski definition) is 4. The monoisotopic (exact) mass is 568 g/mol. The number of aliphatic hydroxyl groups excluding tert-OH is 1. The maximum absolute atomic E-state index is 12.1. The van der Waals surface area contributed by atoms with Crippen molar-refractivity contribution < 1.29 is 19.4 Å². The maximum atomic E-state index is 12.1. The minimum absolute atomic E-state index is 0.213. The molecule has 1 atom stereocenters. The van der Waals surface area contributed by atoms with Gasteiger partial charge < -0.3 is 14.6 Å². The molecule has 0 aromatic heterocycles. The van der Waals surface area contributed by atoms with Crippen molar-refractivity contribution >= 4 is 5.97 Å². The Morgan fingerprint density at radius 2 is 1.10 bits per heavy atom. The van der Waals surface area contributed by atoms with Crippen LogP contribution in [0.25, 0.3) is 0 Å². The summed E-state index contributed by atoms with van der Waals surface area (Å²) in [5.74, 6) is -0.246. The molecule has 0 saturated carbocycles. The fourth-order valence-corrected chi connectivity index (χ4v) is 3.84. The SMILES string of the molecule is CC/C=C\C/C=C\C/C=C\C/C=C\C/C=C\CCOCC(CO)OC(=O)CCCCCCC/C=C\C/C=C\CCC. The first-order chi connectivity index (χ1) is 20.2. The van der Waals surface area contributed by atoms with Crippen LogP contribution in [0.5, 0.6) is 0 Å². The lowest BCUT2D eigenvalue weighted by molar-refractivity contribution is -0.154. The molecule has 0 spiro atoms. The van der Waals surface area contributed by atoms with Gasteiger partial charge in [-0.1, -0.05) is 125 Å². The van der Waals surface area contributed by atoms with Gasteiger partial charge in [0, 0.05) is 6.42 Å². The molecule has 1 N–H and O–H groups in total. The van der Waals surface area contributed by atoms with Crippen LogP contribution in [0.1, 0.15) is 117 Å². The van der Waals surface area contributed by atoms with Crippen molar-refractivity contribution in [2.24, 2.45) is 0 Å². The van der Waals surface area contributed by atoms with E-state index in [1.807, 2.05) is 0 Å². The normalized spacial score (nSPS) is 13.5. The van der Waals surface area contributed by atoms with Crippen LogP contribution in [0, 0.1) is 0 Å². The van der Waals surface area contributed by atoms with Crippen molar-refractivity contribution in [3.8, 4) is 0 Å². The lowest BCUT2D eigenvalue weighted by Gasteiger charge is -2.15. The lowest BCUT2D eigenvalue weighted by atomic mass is 10.1. The van der Waals surface area contributed by atoms with Crippen LogP contribution in [-0.2, 0) is 14.3 Å². The largest absolute Gasteiger partial charge is 0.457 e. The van der Waals surface area contributed by atoms with Gasteiger partial charge >= 0.3 is 5.97 Å². The average molecular weight is 569 g/mol. The predicted octanol–water partition coefficient (Wildman–Crippen LogP) is 10.1. The van der Waals surface area contributed by atoms with Crippen molar-refractivity contribution in [1.82, 2.24) is 0 Å². The molecule has 0 aromatic rings. The third-order valence-corrected chi connectivity index (χ3v) is 6.20. The smallest absolute Gasteiger partial charge is 0.306 e. The second kappa shape index (κ2) is 33.8. The molecular weight excluding hydrogens is 508 g/mol. The molecule has 4 nitrogen and oxygen atoms in total. The van der Waals surface area contributed by atoms with Gasteiger partial charge in [0.15, 0.2) is 0 Å². The molecule has 0 aliphatic heterocycles. The zero-order valence-electron chi connectivity index (χ0n) is 26.3. The van der Waals surface area contributed by atoms with Gasteiger partial charge in [0.1, 0.15) is 6.10 Å². The van der Waals surface area contributed by atoms with E-state index in [9.17, 15) is 9.90 Å². The standard InChI is InChI=1S/C37H60O4/c1-3-5-7-9-11-13-15-17-18-19-21-23-25-27-29-31-33-40-35-36(34-38)41-37(39)32-30-28-26-24-22-20-16-14-12-10-8-6-4-2/h5,7-8,10-11,13-14,16-18,21,23,27,29,36,38H,3-4,6,9,12,15,19-20,22,24-26,28,30-35H2,1-2H3/b7-5-,10-8-,13-11-,16-14-,18-17-,23-21-,29-27-. The van der Waals surface area contributed by atoms with Crippen LogP contribution in [0.2, 0.25) is 0 Å². The lowest BCUT2D eigenvalue weighted by Crippen LogP contribution is -2.27. The molecule has 0 aliphatic carbocycles. The molecule has 0 fully saturated rings. The van der Waals surface area contributed by atoms with Gasteiger partial charge in [-0.2, -0.15) is 0 Å². The minimum Gasteiger partial charge on any atom is -0.457 e. The summed E-state index contributed by atoms with van der Waals surface area (Å²) < 4.78 is 11.0. The van der Waals surface area contributed by atoms with E-state index in [1.165, 1.54) is 25.7 Å². The first kappa shape index (κ1) is 38.6. The highest BCUT2D eigenvalue weighted by molar-refractivity contribution is 5.69. The van der Waals surface area contributed by atoms with Gasteiger partial charge in [-0.3, -0.25) is 4.79 Å². The second-order valence-electron chi connectivity index (χ2n) is 10.1. The molecule has 0 aliphatic rings. The van der Waals surface area contributed by atoms with Crippen LogP contribution in [0.3, 0.4) is 0 Å². The van der Waals surface area contributed by atoms with Crippen molar-refractivity contribution in [2.75, 3.05) is 19.8 Å². The summed E-state index contributed by atoms with van der Waals surface area (Å²) in [6.07, 6.45) is 46.3. The van der Waals surface area contributed by atoms with Crippen molar-refractivity contribution in [1.29, 1.82) is 0 Å². The number of allylic oxidation sites excluding steroid dienone is 13. The topological polar surface area (TPSA) is 55.8 Å². The first-order valence-electron chi connectivity index (χ1n) is 16.2. The van der Waals surface area contributed by atoms with E-state index < -0.39 is 6.10 Å². The molecule has 1 unspecified atom stereocenters. The Morgan fingerprint density at radius 3 is 1.66 bits per heavy atom. The Hall–Kier alpha value is -2.43. The minimum atomic E-state index is -0.584. The fourth-order valence-electron chi connectivity index (χ4n) is 3.84. The first-order valence-corrected chi connectivity index (χ1v) is 16.2. The number of carbonyl (C=O) groups excluding carboxylic acids is 1. The average Bonchev–Trinajstić information content (AvgIpc) is 2.98. The molecule has 0 saturated heterocycles.